The molecule has 0 spiro atoms. The highest BCUT2D eigenvalue weighted by molar-refractivity contribution is 7.88. The van der Waals surface area contributed by atoms with Gasteiger partial charge in [0, 0.05) is 37.9 Å². The summed E-state index contributed by atoms with van der Waals surface area (Å²) in [5.74, 6) is 0.895. The third-order valence-corrected chi connectivity index (χ3v) is 6.77. The molecule has 1 saturated carbocycles. The number of sulfonamides is 1. The van der Waals surface area contributed by atoms with E-state index in [-0.39, 0.29) is 12.1 Å². The fourth-order valence-electron chi connectivity index (χ4n) is 3.75. The number of rotatable bonds is 7. The van der Waals surface area contributed by atoms with E-state index < -0.39 is 10.0 Å². The zero-order valence-electron chi connectivity index (χ0n) is 16.4. The summed E-state index contributed by atoms with van der Waals surface area (Å²) in [6, 6.07) is 3.52. The van der Waals surface area contributed by atoms with Crippen LogP contribution < -0.4 is 15.4 Å². The number of carbonyl (C=O) groups is 1. The zero-order valence-corrected chi connectivity index (χ0v) is 17.2. The van der Waals surface area contributed by atoms with Crippen molar-refractivity contribution >= 4 is 16.1 Å². The number of pyridine rings is 1. The summed E-state index contributed by atoms with van der Waals surface area (Å²) in [7, 11) is -3.12. The van der Waals surface area contributed by atoms with Crippen LogP contribution in [-0.2, 0) is 16.6 Å². The fraction of sp³-hybridized carbons (Fsp3) is 0.684. The smallest absolute Gasteiger partial charge is 0.315 e. The molecule has 0 unspecified atom stereocenters. The van der Waals surface area contributed by atoms with Crippen LogP contribution in [0.25, 0.3) is 0 Å². The van der Waals surface area contributed by atoms with Crippen molar-refractivity contribution in [1.29, 1.82) is 0 Å². The van der Waals surface area contributed by atoms with Crippen LogP contribution in [0.15, 0.2) is 18.3 Å². The van der Waals surface area contributed by atoms with Gasteiger partial charge in [-0.25, -0.2) is 22.5 Å². The van der Waals surface area contributed by atoms with E-state index in [1.54, 1.807) is 6.20 Å². The maximum absolute atomic E-state index is 12.1. The van der Waals surface area contributed by atoms with Crippen LogP contribution in [0.1, 0.15) is 44.1 Å². The van der Waals surface area contributed by atoms with Crippen LogP contribution in [0.2, 0.25) is 0 Å². The molecular weight excluding hydrogens is 380 g/mol. The third-order valence-electron chi connectivity index (χ3n) is 5.46. The lowest BCUT2D eigenvalue weighted by Crippen LogP contribution is -2.43. The predicted molar refractivity (Wildman–Crippen MR) is 107 cm³/mol. The van der Waals surface area contributed by atoms with Gasteiger partial charge in [0.2, 0.25) is 15.9 Å². The second-order valence-electron chi connectivity index (χ2n) is 7.66. The molecule has 2 fully saturated rings. The highest BCUT2D eigenvalue weighted by Gasteiger charge is 2.25. The molecule has 9 heteroatoms. The number of hydrogen-bond acceptors (Lipinski definition) is 5. The van der Waals surface area contributed by atoms with Gasteiger partial charge in [0.15, 0.2) is 0 Å². The maximum atomic E-state index is 12.1. The molecule has 1 aromatic heterocycles. The highest BCUT2D eigenvalue weighted by atomic mass is 32.2. The van der Waals surface area contributed by atoms with Crippen LogP contribution >= 0.6 is 0 Å². The lowest BCUT2D eigenvalue weighted by molar-refractivity contribution is 0.198. The topological polar surface area (TPSA) is 101 Å². The van der Waals surface area contributed by atoms with Gasteiger partial charge in [-0.05, 0) is 50.5 Å². The molecule has 1 aliphatic heterocycles. The van der Waals surface area contributed by atoms with Gasteiger partial charge in [0.1, 0.15) is 6.10 Å². The molecule has 2 heterocycles. The molecule has 1 aromatic rings. The van der Waals surface area contributed by atoms with E-state index in [4.69, 9.17) is 4.74 Å². The molecule has 8 nitrogen and oxygen atoms in total. The molecule has 1 saturated heterocycles. The number of amides is 2. The number of nitrogens with zero attached hydrogens (tertiary/aromatic N) is 2. The second kappa shape index (κ2) is 9.56. The Hall–Kier alpha value is -1.87. The molecule has 2 aliphatic rings. The lowest BCUT2D eigenvalue weighted by Gasteiger charge is -2.30. The molecule has 2 N–H and O–H groups in total. The van der Waals surface area contributed by atoms with Crippen LogP contribution in [0.5, 0.6) is 5.88 Å². The number of nitrogens with one attached hydrogen (secondary N) is 2. The van der Waals surface area contributed by atoms with Crippen molar-refractivity contribution in [3.8, 4) is 5.88 Å². The van der Waals surface area contributed by atoms with Crippen molar-refractivity contribution in [2.24, 2.45) is 5.92 Å². The quantitative estimate of drug-likeness (QED) is 0.715. The number of carbonyl (C=O) groups excluding carboxylic acids is 1. The fourth-order valence-corrected chi connectivity index (χ4v) is 4.62. The Bertz CT molecular complexity index is 757. The number of ether oxygens (including phenoxy) is 1. The van der Waals surface area contributed by atoms with Crippen molar-refractivity contribution in [3.63, 3.8) is 0 Å². The number of aromatic nitrogens is 1. The average molecular weight is 411 g/mol. The standard InChI is InChI=1S/C19H30N4O4S/c1-28(25,26)23-11-8-15(9-12-23)13-21-19(24)22-14-16-5-4-10-20-18(16)27-17-6-2-3-7-17/h4-5,10,15,17H,2-3,6-9,11-14H2,1H3,(H2,21,22,24). The molecule has 0 bridgehead atoms. The summed E-state index contributed by atoms with van der Waals surface area (Å²) in [5, 5.41) is 5.75. The van der Waals surface area contributed by atoms with E-state index in [1.807, 2.05) is 12.1 Å². The van der Waals surface area contributed by atoms with Gasteiger partial charge in [-0.15, -0.1) is 0 Å². The van der Waals surface area contributed by atoms with Gasteiger partial charge in [-0.3, -0.25) is 0 Å². The summed E-state index contributed by atoms with van der Waals surface area (Å²) < 4.78 is 30.6. The van der Waals surface area contributed by atoms with Crippen molar-refractivity contribution in [2.45, 2.75) is 51.2 Å². The van der Waals surface area contributed by atoms with E-state index in [0.29, 0.717) is 38.0 Å². The van der Waals surface area contributed by atoms with E-state index in [2.05, 4.69) is 15.6 Å². The Labute approximate surface area is 167 Å². The summed E-state index contributed by atoms with van der Waals surface area (Å²) in [4.78, 5) is 16.5. The van der Waals surface area contributed by atoms with E-state index in [9.17, 15) is 13.2 Å². The molecule has 0 atom stereocenters. The molecule has 1 aliphatic carbocycles. The molecule has 0 radical (unpaired) electrons. The molecule has 3 rings (SSSR count). The van der Waals surface area contributed by atoms with Gasteiger partial charge in [0.05, 0.1) is 6.26 Å². The monoisotopic (exact) mass is 410 g/mol. The van der Waals surface area contributed by atoms with E-state index >= 15 is 0 Å². The Morgan fingerprint density at radius 3 is 2.61 bits per heavy atom. The first-order chi connectivity index (χ1) is 13.4. The van der Waals surface area contributed by atoms with Crippen LogP contribution in [0.4, 0.5) is 4.79 Å². The zero-order chi connectivity index (χ0) is 20.0. The molecular formula is C19H30N4O4S. The van der Waals surface area contributed by atoms with Crippen molar-refractivity contribution < 1.29 is 17.9 Å². The lowest BCUT2D eigenvalue weighted by atomic mass is 9.98. The number of piperidine rings is 1. The summed E-state index contributed by atoms with van der Waals surface area (Å²) in [6.07, 6.45) is 9.18. The minimum atomic E-state index is -3.12. The van der Waals surface area contributed by atoms with Crippen LogP contribution in [0.3, 0.4) is 0 Å². The normalized spacial score (nSPS) is 19.5. The molecule has 0 aromatic carbocycles. The minimum Gasteiger partial charge on any atom is -0.474 e. The van der Waals surface area contributed by atoms with Crippen LogP contribution in [-0.4, -0.2) is 55.7 Å². The highest BCUT2D eigenvalue weighted by Crippen LogP contribution is 2.25. The Morgan fingerprint density at radius 2 is 1.93 bits per heavy atom. The summed E-state index contributed by atoms with van der Waals surface area (Å²) in [5.41, 5.74) is 0.867. The van der Waals surface area contributed by atoms with Gasteiger partial charge in [-0.2, -0.15) is 0 Å². The predicted octanol–water partition coefficient (Wildman–Crippen LogP) is 1.87. The van der Waals surface area contributed by atoms with Crippen molar-refractivity contribution in [2.75, 3.05) is 25.9 Å². The Balaban J connectivity index is 1.40. The largest absolute Gasteiger partial charge is 0.474 e. The first-order valence-electron chi connectivity index (χ1n) is 9.99. The van der Waals surface area contributed by atoms with E-state index in [0.717, 1.165) is 31.2 Å². The number of hydrogen-bond donors (Lipinski definition) is 2. The third kappa shape index (κ3) is 6.07. The molecule has 28 heavy (non-hydrogen) atoms. The van der Waals surface area contributed by atoms with Crippen molar-refractivity contribution in [3.05, 3.63) is 23.9 Å². The molecule has 2 amide bonds. The SMILES string of the molecule is CS(=O)(=O)N1CCC(CNC(=O)NCc2cccnc2OC2CCCC2)CC1. The Morgan fingerprint density at radius 1 is 1.21 bits per heavy atom. The van der Waals surface area contributed by atoms with Gasteiger partial charge < -0.3 is 15.4 Å². The van der Waals surface area contributed by atoms with Gasteiger partial charge in [-0.1, -0.05) is 6.07 Å². The van der Waals surface area contributed by atoms with E-state index in [1.165, 1.54) is 23.4 Å². The molecule has 156 valence electrons. The maximum Gasteiger partial charge on any atom is 0.315 e. The first-order valence-corrected chi connectivity index (χ1v) is 11.8. The average Bonchev–Trinajstić information content (AvgIpc) is 3.18. The summed E-state index contributed by atoms with van der Waals surface area (Å²) >= 11 is 0. The number of urea groups is 1. The van der Waals surface area contributed by atoms with Gasteiger partial charge >= 0.3 is 6.03 Å². The van der Waals surface area contributed by atoms with Crippen molar-refractivity contribution in [1.82, 2.24) is 19.9 Å². The Kier molecular flexibility index (Phi) is 7.12. The van der Waals surface area contributed by atoms with Gasteiger partial charge in [0.25, 0.3) is 0 Å². The second-order valence-corrected chi connectivity index (χ2v) is 9.64. The first kappa shape index (κ1) is 20.9. The van der Waals surface area contributed by atoms with Crippen LogP contribution in [0, 0.1) is 5.92 Å². The minimum absolute atomic E-state index is 0.222. The summed E-state index contributed by atoms with van der Waals surface area (Å²) in [6.45, 7) is 1.94.